The molecule has 19 heteroatoms. The number of phosphoric ester groups is 2. The van der Waals surface area contributed by atoms with Crippen LogP contribution in [0.3, 0.4) is 0 Å². The molecule has 0 radical (unpaired) electrons. The standard InChI is InChI=1S/C87H130O17P2/c1-5-9-13-17-21-25-29-33-37-39-40-42-46-48-52-56-60-64-68-72-85(90)98-78-83(104-87(92)74-70-66-62-58-54-50-44-36-32-28-24-20-16-12-8-4)80-102-106(95,96)100-76-81(88)75-99-105(93,94)101-79-82(103-86(91)73-69-65-61-57-53-49-43-35-31-27-23-19-15-11-7-3)77-97-84(89)71-67-63-59-55-51-47-45-41-38-34-30-26-22-18-14-10-6-2/h9-16,21-28,33-38,40,42-45,47-48,52-54,57-58,60,64-66,69-70,81-83,88H,5-8,17-20,29-32,39,41,46,49-51,55-56,59,61-63,67-68,71-80H2,1-4H3,(H,93,94)(H,95,96)/b13-9-,14-10-,15-11-,16-12-,25-21-,26-22-,27-23-,28-24-,37-33-,38-34-,42-40-,43-35-,44-36-,47-45-,52-48-,57-53-,58-54-,64-60-,69-65-,70-66-. The van der Waals surface area contributed by atoms with Crippen molar-refractivity contribution in [3.8, 4) is 0 Å². The zero-order valence-corrected chi connectivity index (χ0v) is 66.0. The number of carbonyl (C=O) groups is 4. The Morgan fingerprint density at radius 2 is 0.509 bits per heavy atom. The molecule has 0 aromatic rings. The molecular formula is C87H130O17P2. The van der Waals surface area contributed by atoms with Gasteiger partial charge in [0.15, 0.2) is 12.2 Å². The van der Waals surface area contributed by atoms with Crippen molar-refractivity contribution in [3.05, 3.63) is 243 Å². The van der Waals surface area contributed by atoms with Crippen molar-refractivity contribution in [2.24, 2.45) is 0 Å². The van der Waals surface area contributed by atoms with E-state index in [0.29, 0.717) is 32.1 Å². The molecule has 590 valence electrons. The van der Waals surface area contributed by atoms with Crippen LogP contribution in [0.4, 0.5) is 0 Å². The van der Waals surface area contributed by atoms with E-state index in [4.69, 9.17) is 37.0 Å². The maximum Gasteiger partial charge on any atom is 0.472 e. The zero-order chi connectivity index (χ0) is 77.4. The lowest BCUT2D eigenvalue weighted by Gasteiger charge is -2.21. The lowest BCUT2D eigenvalue weighted by molar-refractivity contribution is -0.160. The van der Waals surface area contributed by atoms with Gasteiger partial charge in [-0.1, -0.05) is 284 Å². The predicted octanol–water partition coefficient (Wildman–Crippen LogP) is 22.4. The van der Waals surface area contributed by atoms with Crippen LogP contribution in [0, 0.1) is 0 Å². The fourth-order valence-electron chi connectivity index (χ4n) is 8.74. The highest BCUT2D eigenvalue weighted by Gasteiger charge is 2.30. The van der Waals surface area contributed by atoms with E-state index in [1.807, 2.05) is 42.5 Å². The fraction of sp³-hybridized carbons (Fsp3) is 0.494. The molecule has 0 bridgehead atoms. The normalized spacial score (nSPS) is 15.2. The van der Waals surface area contributed by atoms with Crippen LogP contribution < -0.4 is 0 Å². The summed E-state index contributed by atoms with van der Waals surface area (Å²) in [5.74, 6) is -2.64. The molecule has 0 aliphatic rings. The number of allylic oxidation sites excluding steroid dienone is 38. The van der Waals surface area contributed by atoms with Crippen LogP contribution in [0.5, 0.6) is 0 Å². The molecule has 0 aliphatic carbocycles. The molecule has 0 aromatic heterocycles. The summed E-state index contributed by atoms with van der Waals surface area (Å²) in [5.41, 5.74) is 0. The number of esters is 4. The lowest BCUT2D eigenvalue weighted by Crippen LogP contribution is -2.30. The van der Waals surface area contributed by atoms with Gasteiger partial charge >= 0.3 is 39.5 Å². The highest BCUT2D eigenvalue weighted by molar-refractivity contribution is 7.47. The quantitative estimate of drug-likeness (QED) is 0.0169. The largest absolute Gasteiger partial charge is 0.472 e. The fourth-order valence-corrected chi connectivity index (χ4v) is 10.3. The molecule has 5 atom stereocenters. The molecule has 0 saturated carbocycles. The monoisotopic (exact) mass is 1510 g/mol. The van der Waals surface area contributed by atoms with E-state index in [-0.39, 0.29) is 25.7 Å². The van der Waals surface area contributed by atoms with Crippen molar-refractivity contribution >= 4 is 39.5 Å². The summed E-state index contributed by atoms with van der Waals surface area (Å²) in [6.07, 6.45) is 99.5. The van der Waals surface area contributed by atoms with Gasteiger partial charge in [0.1, 0.15) is 19.3 Å². The molecule has 0 rings (SSSR count). The van der Waals surface area contributed by atoms with E-state index >= 15 is 0 Å². The number of aliphatic hydroxyl groups excluding tert-OH is 1. The number of ether oxygens (including phenoxy) is 4. The van der Waals surface area contributed by atoms with E-state index in [2.05, 4.69) is 204 Å². The summed E-state index contributed by atoms with van der Waals surface area (Å²) in [6.45, 7) is 3.99. The topological polar surface area (TPSA) is 237 Å². The van der Waals surface area contributed by atoms with Gasteiger partial charge in [0.05, 0.1) is 39.3 Å². The first kappa shape index (κ1) is 98.9. The van der Waals surface area contributed by atoms with Gasteiger partial charge in [-0.3, -0.25) is 37.3 Å². The van der Waals surface area contributed by atoms with E-state index in [1.165, 1.54) is 0 Å². The molecular weight excluding hydrogens is 1380 g/mol. The predicted molar refractivity (Wildman–Crippen MR) is 435 cm³/mol. The summed E-state index contributed by atoms with van der Waals surface area (Å²) in [5, 5.41) is 10.6. The van der Waals surface area contributed by atoms with Gasteiger partial charge in [0, 0.05) is 12.8 Å². The second-order valence-corrected chi connectivity index (χ2v) is 27.0. The number of phosphoric acid groups is 2. The number of hydrogen-bond donors (Lipinski definition) is 3. The second-order valence-electron chi connectivity index (χ2n) is 24.1. The molecule has 5 unspecified atom stereocenters. The van der Waals surface area contributed by atoms with Gasteiger partial charge in [-0.15, -0.1) is 0 Å². The summed E-state index contributed by atoms with van der Waals surface area (Å²) in [6, 6.07) is 0. The van der Waals surface area contributed by atoms with Crippen LogP contribution in [0.25, 0.3) is 0 Å². The Hall–Kier alpha value is -7.14. The SMILES string of the molecule is CC/C=C\C/C=C\C/C=C\C/C=C\C/C=C\C/C=C\CCC(=O)OCC(COP(=O)(O)OCC(O)COP(=O)(O)OCC(COC(=O)CCCCCC/C=C\C/C=C\C/C=C\C/C=C\CC)OC(=O)C/C=C\C/C=C\C/C=C\C/C=C\C/C=C\CC)OC(=O)C/C=C\C/C=C\C/C=C\C/C=C\C/C=C\CC. The lowest BCUT2D eigenvalue weighted by atomic mass is 10.1. The van der Waals surface area contributed by atoms with Crippen LogP contribution in [-0.4, -0.2) is 96.7 Å². The molecule has 17 nitrogen and oxygen atoms in total. The van der Waals surface area contributed by atoms with Gasteiger partial charge in [0.2, 0.25) is 0 Å². The van der Waals surface area contributed by atoms with E-state index in [9.17, 15) is 43.2 Å². The first-order valence-electron chi connectivity index (χ1n) is 38.3. The minimum atomic E-state index is -5.04. The van der Waals surface area contributed by atoms with Crippen LogP contribution in [-0.2, 0) is 65.4 Å². The molecule has 3 N–H and O–H groups in total. The third kappa shape index (κ3) is 75.1. The van der Waals surface area contributed by atoms with Gasteiger partial charge < -0.3 is 33.8 Å². The minimum Gasteiger partial charge on any atom is -0.462 e. The molecule has 0 aliphatic heterocycles. The van der Waals surface area contributed by atoms with E-state index in [1.54, 1.807) is 24.3 Å². The van der Waals surface area contributed by atoms with Crippen molar-refractivity contribution in [2.75, 3.05) is 39.6 Å². The molecule has 106 heavy (non-hydrogen) atoms. The summed E-state index contributed by atoms with van der Waals surface area (Å²) in [7, 11) is -10.1. The smallest absolute Gasteiger partial charge is 0.462 e. The van der Waals surface area contributed by atoms with Crippen LogP contribution >= 0.6 is 15.6 Å². The maximum atomic E-state index is 13.1. The Bertz CT molecular complexity index is 2980. The van der Waals surface area contributed by atoms with Gasteiger partial charge in [-0.25, -0.2) is 9.13 Å². The van der Waals surface area contributed by atoms with Gasteiger partial charge in [-0.2, -0.15) is 0 Å². The number of hydrogen-bond acceptors (Lipinski definition) is 15. The number of unbranched alkanes of at least 4 members (excludes halogenated alkanes) is 4. The summed E-state index contributed by atoms with van der Waals surface area (Å²) in [4.78, 5) is 72.8. The number of aliphatic hydroxyl groups is 1. The summed E-state index contributed by atoms with van der Waals surface area (Å²) < 4.78 is 68.1. The molecule has 0 aromatic carbocycles. The number of carbonyl (C=O) groups excluding carboxylic acids is 4. The molecule has 0 fully saturated rings. The van der Waals surface area contributed by atoms with Gasteiger partial charge in [0.25, 0.3) is 0 Å². The highest BCUT2D eigenvalue weighted by Crippen LogP contribution is 2.45. The highest BCUT2D eigenvalue weighted by atomic mass is 31.2. The Morgan fingerprint density at radius 1 is 0.274 bits per heavy atom. The van der Waals surface area contributed by atoms with Crippen LogP contribution in [0.2, 0.25) is 0 Å². The van der Waals surface area contributed by atoms with Crippen LogP contribution in [0.15, 0.2) is 243 Å². The minimum absolute atomic E-state index is 0.00256. The Labute approximate surface area is 637 Å². The maximum absolute atomic E-state index is 13.1. The summed E-state index contributed by atoms with van der Waals surface area (Å²) >= 11 is 0. The first-order chi connectivity index (χ1) is 51.7. The van der Waals surface area contributed by atoms with Crippen molar-refractivity contribution < 1.29 is 80.2 Å². The van der Waals surface area contributed by atoms with E-state index in [0.717, 1.165) is 135 Å². The molecule has 0 spiro atoms. The third-order valence-corrected chi connectivity index (χ3v) is 16.3. The zero-order valence-electron chi connectivity index (χ0n) is 64.2. The van der Waals surface area contributed by atoms with Crippen molar-refractivity contribution in [2.45, 2.75) is 239 Å². The number of rotatable bonds is 68. The Balaban J connectivity index is 5.62. The molecule has 0 saturated heterocycles. The second kappa shape index (κ2) is 76.1. The van der Waals surface area contributed by atoms with Crippen molar-refractivity contribution in [1.29, 1.82) is 0 Å². The molecule has 0 heterocycles. The Kier molecular flexibility index (Phi) is 70.9. The van der Waals surface area contributed by atoms with Crippen molar-refractivity contribution in [3.63, 3.8) is 0 Å². The van der Waals surface area contributed by atoms with Gasteiger partial charge in [-0.05, 0) is 154 Å². The van der Waals surface area contributed by atoms with Crippen LogP contribution in [0.1, 0.15) is 220 Å². The third-order valence-electron chi connectivity index (χ3n) is 14.4. The first-order valence-corrected chi connectivity index (χ1v) is 41.3. The average molecular weight is 1510 g/mol. The van der Waals surface area contributed by atoms with E-state index < -0.39 is 97.5 Å². The molecule has 0 amide bonds. The Morgan fingerprint density at radius 3 is 0.802 bits per heavy atom. The van der Waals surface area contributed by atoms with Crippen molar-refractivity contribution in [1.82, 2.24) is 0 Å². The average Bonchev–Trinajstić information content (AvgIpc) is 0.909.